The highest BCUT2D eigenvalue weighted by molar-refractivity contribution is 5.69. The number of aromatic nitrogens is 1. The van der Waals surface area contributed by atoms with Gasteiger partial charge in [-0.15, -0.1) is 0 Å². The minimum absolute atomic E-state index is 0.870. The molecule has 2 nitrogen and oxygen atoms in total. The van der Waals surface area contributed by atoms with Crippen molar-refractivity contribution in [1.82, 2.24) is 5.16 Å². The van der Waals surface area contributed by atoms with E-state index in [1.165, 1.54) is 5.56 Å². The number of nitrogens with zero attached hydrogens (tertiary/aromatic N) is 1. The fourth-order valence-corrected chi connectivity index (χ4v) is 1.43. The highest BCUT2D eigenvalue weighted by atomic mass is 16.5. The lowest BCUT2D eigenvalue weighted by Gasteiger charge is -1.92. The molecule has 2 heteroatoms. The second-order valence-corrected chi connectivity index (χ2v) is 3.30. The largest absolute Gasteiger partial charge is 0.361 e. The van der Waals surface area contributed by atoms with Crippen molar-refractivity contribution in [1.29, 1.82) is 0 Å². The molecule has 0 atom stereocenters. The molecule has 2 aromatic rings. The molecular formula is C13H13NO. The maximum atomic E-state index is 5.10. The molecule has 0 aliphatic carbocycles. The number of hydrogen-bond acceptors (Lipinski definition) is 2. The Balaban J connectivity index is 2.19. The Hall–Kier alpha value is -1.83. The van der Waals surface area contributed by atoms with Crippen molar-refractivity contribution in [3.05, 3.63) is 53.4 Å². The minimum Gasteiger partial charge on any atom is -0.361 e. The van der Waals surface area contributed by atoms with Crippen molar-refractivity contribution in [3.8, 4) is 0 Å². The van der Waals surface area contributed by atoms with Gasteiger partial charge in [-0.05, 0) is 11.6 Å². The van der Waals surface area contributed by atoms with Crippen molar-refractivity contribution < 1.29 is 4.52 Å². The highest BCUT2D eigenvalue weighted by Crippen LogP contribution is 2.12. The van der Waals surface area contributed by atoms with Gasteiger partial charge in [0.25, 0.3) is 0 Å². The predicted molar refractivity (Wildman–Crippen MR) is 61.3 cm³/mol. The van der Waals surface area contributed by atoms with Crippen molar-refractivity contribution in [3.63, 3.8) is 0 Å². The van der Waals surface area contributed by atoms with Crippen LogP contribution in [0.15, 0.2) is 41.1 Å². The van der Waals surface area contributed by atoms with Crippen molar-refractivity contribution in [2.45, 2.75) is 13.3 Å². The van der Waals surface area contributed by atoms with E-state index < -0.39 is 0 Å². The third-order valence-corrected chi connectivity index (χ3v) is 2.25. The molecule has 15 heavy (non-hydrogen) atoms. The maximum absolute atomic E-state index is 5.10. The maximum Gasteiger partial charge on any atom is 0.143 e. The third kappa shape index (κ3) is 2.34. The van der Waals surface area contributed by atoms with Crippen LogP contribution in [0.4, 0.5) is 0 Å². The molecule has 0 spiro atoms. The van der Waals surface area contributed by atoms with Gasteiger partial charge >= 0.3 is 0 Å². The molecule has 1 heterocycles. The summed E-state index contributed by atoms with van der Waals surface area (Å²) in [6.07, 6.45) is 6.71. The van der Waals surface area contributed by atoms with Crippen molar-refractivity contribution in [2.75, 3.05) is 0 Å². The summed E-state index contributed by atoms with van der Waals surface area (Å²) in [6.45, 7) is 2.06. The van der Waals surface area contributed by atoms with E-state index in [-0.39, 0.29) is 0 Å². The molecule has 0 saturated carbocycles. The molecule has 0 unspecified atom stereocenters. The molecule has 1 aromatic carbocycles. The van der Waals surface area contributed by atoms with Gasteiger partial charge in [0, 0.05) is 12.0 Å². The Morgan fingerprint density at radius 1 is 1.20 bits per heavy atom. The van der Waals surface area contributed by atoms with Gasteiger partial charge in [-0.1, -0.05) is 48.5 Å². The molecule has 0 fully saturated rings. The minimum atomic E-state index is 0.870. The Bertz CT molecular complexity index is 443. The summed E-state index contributed by atoms with van der Waals surface area (Å²) in [4.78, 5) is 0. The number of rotatable bonds is 3. The first kappa shape index (κ1) is 9.71. The number of hydrogen-bond donors (Lipinski definition) is 0. The van der Waals surface area contributed by atoms with Gasteiger partial charge in [-0.25, -0.2) is 0 Å². The van der Waals surface area contributed by atoms with Crippen LogP contribution in [0.25, 0.3) is 12.2 Å². The van der Waals surface area contributed by atoms with E-state index in [1.54, 1.807) is 6.20 Å². The number of aryl methyl sites for hydroxylation is 1. The normalized spacial score (nSPS) is 11.0. The summed E-state index contributed by atoms with van der Waals surface area (Å²) in [6, 6.07) is 10.2. The highest BCUT2D eigenvalue weighted by Gasteiger charge is 2.00. The van der Waals surface area contributed by atoms with E-state index in [4.69, 9.17) is 4.52 Å². The van der Waals surface area contributed by atoms with Gasteiger partial charge in [0.05, 0.1) is 6.20 Å². The molecule has 0 radical (unpaired) electrons. The van der Waals surface area contributed by atoms with E-state index in [9.17, 15) is 0 Å². The second-order valence-electron chi connectivity index (χ2n) is 3.30. The van der Waals surface area contributed by atoms with Crippen LogP contribution in [0.1, 0.15) is 23.8 Å². The van der Waals surface area contributed by atoms with E-state index in [0.717, 1.165) is 17.7 Å². The van der Waals surface area contributed by atoms with Crippen LogP contribution in [-0.2, 0) is 6.42 Å². The lowest BCUT2D eigenvalue weighted by Crippen LogP contribution is -1.77. The van der Waals surface area contributed by atoms with Crippen LogP contribution in [-0.4, -0.2) is 5.16 Å². The van der Waals surface area contributed by atoms with Crippen LogP contribution >= 0.6 is 0 Å². The first-order chi connectivity index (χ1) is 7.40. The molecule has 0 aliphatic heterocycles. The molecule has 2 rings (SSSR count). The SMILES string of the molecule is CCc1oncc1/C=C/c1ccccc1. The van der Waals surface area contributed by atoms with E-state index in [2.05, 4.69) is 30.3 Å². The zero-order valence-corrected chi connectivity index (χ0v) is 8.68. The Kier molecular flexibility index (Phi) is 2.98. The van der Waals surface area contributed by atoms with Gasteiger partial charge in [-0.2, -0.15) is 0 Å². The van der Waals surface area contributed by atoms with E-state index >= 15 is 0 Å². The predicted octanol–water partition coefficient (Wildman–Crippen LogP) is 3.41. The lowest BCUT2D eigenvalue weighted by atomic mass is 10.1. The van der Waals surface area contributed by atoms with Crippen LogP contribution < -0.4 is 0 Å². The first-order valence-corrected chi connectivity index (χ1v) is 5.07. The summed E-state index contributed by atoms with van der Waals surface area (Å²) in [7, 11) is 0. The monoisotopic (exact) mass is 199 g/mol. The van der Waals surface area contributed by atoms with Gasteiger partial charge in [0.1, 0.15) is 5.76 Å². The topological polar surface area (TPSA) is 26.0 Å². The molecule has 0 amide bonds. The van der Waals surface area contributed by atoms with Gasteiger partial charge in [-0.3, -0.25) is 0 Å². The fourth-order valence-electron chi connectivity index (χ4n) is 1.43. The van der Waals surface area contributed by atoms with Gasteiger partial charge in [0.2, 0.25) is 0 Å². The molecule has 76 valence electrons. The Labute approximate surface area is 89.2 Å². The van der Waals surface area contributed by atoms with E-state index in [0.29, 0.717) is 0 Å². The summed E-state index contributed by atoms with van der Waals surface area (Å²) in [5.74, 6) is 0.933. The molecule has 0 N–H and O–H groups in total. The number of benzene rings is 1. The van der Waals surface area contributed by atoms with Gasteiger partial charge in [0.15, 0.2) is 0 Å². The summed E-state index contributed by atoms with van der Waals surface area (Å²) < 4.78 is 5.10. The molecule has 0 aliphatic rings. The molecule has 1 aromatic heterocycles. The zero-order valence-electron chi connectivity index (χ0n) is 8.68. The standard InChI is InChI=1S/C13H13NO/c1-2-13-12(10-14-15-13)9-8-11-6-4-3-5-7-11/h3-10H,2H2,1H3/b9-8+. The third-order valence-electron chi connectivity index (χ3n) is 2.25. The fraction of sp³-hybridized carbons (Fsp3) is 0.154. The van der Waals surface area contributed by atoms with E-state index in [1.807, 2.05) is 24.3 Å². The quantitative estimate of drug-likeness (QED) is 0.757. The zero-order chi connectivity index (χ0) is 10.5. The summed E-state index contributed by atoms with van der Waals surface area (Å²) in [5, 5.41) is 3.78. The smallest absolute Gasteiger partial charge is 0.143 e. The second kappa shape index (κ2) is 4.60. The van der Waals surface area contributed by atoms with Crippen molar-refractivity contribution in [2.24, 2.45) is 0 Å². The average Bonchev–Trinajstić information content (AvgIpc) is 2.75. The summed E-state index contributed by atoms with van der Waals surface area (Å²) in [5.41, 5.74) is 2.24. The van der Waals surface area contributed by atoms with Crippen LogP contribution in [0.5, 0.6) is 0 Å². The lowest BCUT2D eigenvalue weighted by molar-refractivity contribution is 0.386. The summed E-state index contributed by atoms with van der Waals surface area (Å²) >= 11 is 0. The van der Waals surface area contributed by atoms with Crippen LogP contribution in [0, 0.1) is 0 Å². The Morgan fingerprint density at radius 3 is 2.73 bits per heavy atom. The molecular weight excluding hydrogens is 186 g/mol. The van der Waals surface area contributed by atoms with Crippen LogP contribution in [0.3, 0.4) is 0 Å². The van der Waals surface area contributed by atoms with Crippen LogP contribution in [0.2, 0.25) is 0 Å². The van der Waals surface area contributed by atoms with Gasteiger partial charge < -0.3 is 4.52 Å². The van der Waals surface area contributed by atoms with Crippen molar-refractivity contribution >= 4 is 12.2 Å². The average molecular weight is 199 g/mol. The molecule has 0 saturated heterocycles. The molecule has 0 bridgehead atoms. The first-order valence-electron chi connectivity index (χ1n) is 5.07. The Morgan fingerprint density at radius 2 is 2.00 bits per heavy atom.